The third-order valence-corrected chi connectivity index (χ3v) is 3.39. The van der Waals surface area contributed by atoms with Crippen LogP contribution >= 0.6 is 15.2 Å². The van der Waals surface area contributed by atoms with Gasteiger partial charge in [0.1, 0.15) is 5.59 Å². The van der Waals surface area contributed by atoms with Crippen LogP contribution in [0.2, 0.25) is 0 Å². The average Bonchev–Trinajstić information content (AvgIpc) is 1.59. The van der Waals surface area contributed by atoms with Gasteiger partial charge in [0.25, 0.3) is 0 Å². The number of hydrogen-bond donors (Lipinski definition) is 1. The van der Waals surface area contributed by atoms with Crippen molar-refractivity contribution in [2.45, 2.75) is 5.59 Å². The Bertz CT molecular complexity index is 181. The molecule has 0 aliphatic carbocycles. The van der Waals surface area contributed by atoms with E-state index in [4.69, 9.17) is 5.11 Å². The molecule has 0 rings (SSSR count). The van der Waals surface area contributed by atoms with Crippen LogP contribution in [0.5, 0.6) is 0 Å². The molecule has 0 heterocycles. The van der Waals surface area contributed by atoms with Crippen LogP contribution in [-0.2, 0) is 9.13 Å². The van der Waals surface area contributed by atoms with Crippen molar-refractivity contribution in [3.63, 3.8) is 0 Å². The van der Waals surface area contributed by atoms with Crippen molar-refractivity contribution in [3.05, 3.63) is 0 Å². The maximum atomic E-state index is 9.63. The van der Waals surface area contributed by atoms with E-state index in [1.165, 1.54) is 0 Å². The van der Waals surface area contributed by atoms with Crippen LogP contribution in [0.4, 0.5) is 0 Å². The fourth-order valence-corrected chi connectivity index (χ4v) is 1.56. The molecule has 11 heteroatoms. The second kappa shape index (κ2) is 7.64. The quantitative estimate of drug-likeness (QED) is 0.320. The van der Waals surface area contributed by atoms with E-state index in [1.54, 1.807) is 0 Å². The Morgan fingerprint density at radius 1 is 0.917 bits per heavy atom. The van der Waals surface area contributed by atoms with Gasteiger partial charge in [0.2, 0.25) is 0 Å². The Balaban J connectivity index is -0.000000405. The molecular weight excluding hydrogens is 461 g/mol. The summed E-state index contributed by atoms with van der Waals surface area (Å²) in [6, 6.07) is 0. The summed E-state index contributed by atoms with van der Waals surface area (Å²) in [6.45, 7) is 0. The first kappa shape index (κ1) is 20.8. The zero-order valence-electron chi connectivity index (χ0n) is 5.78. The molecule has 0 atom stereocenters. The Labute approximate surface area is 149 Å². The van der Waals surface area contributed by atoms with Crippen molar-refractivity contribution in [2.24, 2.45) is 0 Å². The zero-order valence-corrected chi connectivity index (χ0v) is 16.5. The molecule has 0 spiro atoms. The molecule has 0 aromatic heterocycles. The second-order valence-corrected chi connectivity index (χ2v) is 4.97. The van der Waals surface area contributed by atoms with Gasteiger partial charge in [-0.05, 0) is 15.2 Å². The van der Waals surface area contributed by atoms with Gasteiger partial charge in [-0.25, -0.2) is 0 Å². The van der Waals surface area contributed by atoms with Crippen LogP contribution in [0.3, 0.4) is 0 Å². The fraction of sp³-hybridized carbons (Fsp3) is 1.00. The van der Waals surface area contributed by atoms with Gasteiger partial charge in [-0.2, -0.15) is 0 Å². The van der Waals surface area contributed by atoms with Gasteiger partial charge in [-0.15, -0.1) is 0 Å². The maximum Gasteiger partial charge on any atom is 2.00 e. The summed E-state index contributed by atoms with van der Waals surface area (Å²) in [6.07, 6.45) is 0. The van der Waals surface area contributed by atoms with Crippen LogP contribution in [0.1, 0.15) is 0 Å². The molecule has 0 saturated carbocycles. The summed E-state index contributed by atoms with van der Waals surface area (Å²) >= 11 is 0. The standard InChI is InChI=1S/CH6O7P2.2Ba/c2-1(9(3,4)5)10(6,7)8;;/h1-2H,(H2,3,4,5)(H2,6,7,8);;/q;2*+2/p-4. The van der Waals surface area contributed by atoms with Gasteiger partial charge >= 0.3 is 97.8 Å². The Hall–Kier alpha value is 3.40. The molecule has 1 N–H and O–H groups in total. The summed E-state index contributed by atoms with van der Waals surface area (Å²) in [5.74, 6) is 0. The number of hydrogen-bond acceptors (Lipinski definition) is 7. The number of rotatable bonds is 2. The Morgan fingerprint density at radius 2 is 1.08 bits per heavy atom. The van der Waals surface area contributed by atoms with E-state index in [2.05, 4.69) is 0 Å². The van der Waals surface area contributed by atoms with Gasteiger partial charge in [0, 0.05) is 0 Å². The summed E-state index contributed by atoms with van der Waals surface area (Å²) in [5.41, 5.74) is -3.35. The summed E-state index contributed by atoms with van der Waals surface area (Å²) in [5, 5.41) is 7.95. The van der Waals surface area contributed by atoms with Crippen LogP contribution in [0.15, 0.2) is 0 Å². The van der Waals surface area contributed by atoms with E-state index in [0.29, 0.717) is 0 Å². The van der Waals surface area contributed by atoms with Gasteiger partial charge in [0.15, 0.2) is 0 Å². The molecule has 0 aromatic carbocycles. The largest absolute Gasteiger partial charge is 2.00 e. The molecule has 0 fully saturated rings. The molecule has 0 saturated heterocycles. The minimum absolute atomic E-state index is 0. The first-order valence-electron chi connectivity index (χ1n) is 1.87. The molecule has 0 aromatic rings. The van der Waals surface area contributed by atoms with Crippen LogP contribution < -0.4 is 19.6 Å². The van der Waals surface area contributed by atoms with E-state index in [0.717, 1.165) is 0 Å². The monoisotopic (exact) mass is 464 g/mol. The molecule has 0 unspecified atom stereocenters. The second-order valence-electron chi connectivity index (χ2n) is 1.43. The van der Waals surface area contributed by atoms with Gasteiger partial charge in [0.05, 0.1) is 0 Å². The normalized spacial score (nSPS) is 11.8. The molecule has 0 aliphatic heterocycles. The molecule has 0 aliphatic rings. The molecule has 62 valence electrons. The Kier molecular flexibility index (Phi) is 13.2. The van der Waals surface area contributed by atoms with E-state index >= 15 is 0 Å². The average molecular weight is 463 g/mol. The Morgan fingerprint density at radius 3 is 1.08 bits per heavy atom. The van der Waals surface area contributed by atoms with Crippen LogP contribution in [0.25, 0.3) is 0 Å². The molecule has 0 amide bonds. The van der Waals surface area contributed by atoms with E-state index in [1.807, 2.05) is 0 Å². The van der Waals surface area contributed by atoms with Crippen molar-refractivity contribution < 1.29 is 33.8 Å². The fourth-order valence-electron chi connectivity index (χ4n) is 0.173. The smallest absolute Gasteiger partial charge is 0.809 e. The third-order valence-electron chi connectivity index (χ3n) is 0.566. The van der Waals surface area contributed by atoms with Crippen molar-refractivity contribution >= 4 is 113 Å². The predicted octanol–water partition coefficient (Wildman–Crippen LogP) is -4.67. The third kappa shape index (κ3) is 8.69. The van der Waals surface area contributed by atoms with E-state index in [-0.39, 0.29) is 97.8 Å². The van der Waals surface area contributed by atoms with Crippen molar-refractivity contribution in [2.75, 3.05) is 0 Å². The van der Waals surface area contributed by atoms with Crippen molar-refractivity contribution in [3.8, 4) is 0 Å². The molecular formula is CH2Ba2O7P2. The number of aliphatic hydroxyl groups is 1. The van der Waals surface area contributed by atoms with Crippen molar-refractivity contribution in [1.82, 2.24) is 0 Å². The predicted molar refractivity (Wildman–Crippen MR) is 32.7 cm³/mol. The zero-order chi connectivity index (χ0) is 8.58. The molecule has 12 heavy (non-hydrogen) atoms. The topological polar surface area (TPSA) is 147 Å². The number of aliphatic hydroxyl groups excluding tert-OH is 1. The summed E-state index contributed by atoms with van der Waals surface area (Å²) < 4.78 is 19.3. The van der Waals surface area contributed by atoms with Gasteiger partial charge in [-0.1, -0.05) is 0 Å². The molecule has 7 nitrogen and oxygen atoms in total. The first-order chi connectivity index (χ1) is 4.15. The summed E-state index contributed by atoms with van der Waals surface area (Å²) in [4.78, 5) is 38.5. The van der Waals surface area contributed by atoms with Gasteiger partial charge in [-0.3, -0.25) is 0 Å². The molecule has 0 bridgehead atoms. The molecule has 0 radical (unpaired) electrons. The first-order valence-corrected chi connectivity index (χ1v) is 5.09. The minimum atomic E-state index is -5.71. The maximum absolute atomic E-state index is 9.63. The van der Waals surface area contributed by atoms with E-state index in [9.17, 15) is 28.7 Å². The van der Waals surface area contributed by atoms with Crippen LogP contribution in [-0.4, -0.2) is 108 Å². The van der Waals surface area contributed by atoms with Gasteiger partial charge < -0.3 is 33.8 Å². The summed E-state index contributed by atoms with van der Waals surface area (Å²) in [7, 11) is -11.4. The van der Waals surface area contributed by atoms with E-state index < -0.39 is 20.8 Å². The SMILES string of the molecule is O=P([O-])([O-])C(O)P(=O)([O-])[O-].[Ba+2].[Ba+2]. The van der Waals surface area contributed by atoms with Crippen molar-refractivity contribution in [1.29, 1.82) is 0 Å². The minimum Gasteiger partial charge on any atom is -0.809 e. The van der Waals surface area contributed by atoms with Crippen LogP contribution in [0, 0.1) is 0 Å².